The maximum absolute atomic E-state index is 16.0. The zero-order valence-electron chi connectivity index (χ0n) is 22.2. The highest BCUT2D eigenvalue weighted by Gasteiger charge is 2.54. The number of nitrogen functional groups attached to an aromatic ring is 2. The Balaban J connectivity index is 1.18. The van der Waals surface area contributed by atoms with E-state index in [0.717, 1.165) is 17.2 Å². The van der Waals surface area contributed by atoms with Crippen molar-refractivity contribution in [1.82, 2.24) is 34.1 Å². The Labute approximate surface area is 264 Å². The predicted octanol–water partition coefficient (Wildman–Crippen LogP) is 1.24. The highest BCUT2D eigenvalue weighted by Crippen LogP contribution is 2.60. The molecule has 7 rings (SSSR count). The number of nitrogens with zero attached hydrogens (tertiary/aromatic N) is 7. The maximum Gasteiger partial charge on any atom is 0.386 e. The third-order valence-electron chi connectivity index (χ3n) is 7.23. The van der Waals surface area contributed by atoms with Crippen LogP contribution in [0.4, 0.5) is 16.0 Å². The van der Waals surface area contributed by atoms with Gasteiger partial charge in [-0.25, -0.2) is 38.4 Å². The molecule has 4 unspecified atom stereocenters. The minimum absolute atomic E-state index is 0.0284. The number of thiazole rings is 1. The van der Waals surface area contributed by atoms with E-state index in [2.05, 4.69) is 49.4 Å². The number of halogens is 1. The molecule has 0 spiro atoms. The number of fused-ring (bicyclic) bond motifs is 4. The van der Waals surface area contributed by atoms with Crippen LogP contribution < -0.4 is 16.3 Å². The average Bonchev–Trinajstić information content (AvgIpc) is 3.71. The number of ether oxygens (including phenoxy) is 2. The zero-order valence-corrected chi connectivity index (χ0v) is 26.6. The molecule has 25 heteroatoms. The van der Waals surface area contributed by atoms with Gasteiger partial charge in [0.05, 0.1) is 19.5 Å². The van der Waals surface area contributed by atoms with E-state index >= 15 is 4.39 Å². The van der Waals surface area contributed by atoms with Crippen LogP contribution >= 0.6 is 49.4 Å². The lowest BCUT2D eigenvalue weighted by atomic mass is 10.1. The number of rotatable bonds is 2. The third-order valence-corrected chi connectivity index (χ3v) is 11.4. The number of thiol groups is 2. The van der Waals surface area contributed by atoms with Crippen LogP contribution in [0.25, 0.3) is 21.5 Å². The summed E-state index contributed by atoms with van der Waals surface area (Å²) in [4.78, 5) is 32.2. The molecule has 242 valence electrons. The number of nitrogens with two attached hydrogens (primary N) is 2. The van der Waals surface area contributed by atoms with Crippen molar-refractivity contribution in [3.05, 3.63) is 28.6 Å². The second kappa shape index (κ2) is 11.5. The number of aliphatic hydroxyl groups is 1. The molecule has 0 bridgehead atoms. The summed E-state index contributed by atoms with van der Waals surface area (Å²) in [6, 6.07) is 0. The number of imidazole rings is 1. The molecule has 3 aliphatic rings. The molecule has 0 aromatic carbocycles. The van der Waals surface area contributed by atoms with Crippen LogP contribution in [-0.4, -0.2) is 89.1 Å². The van der Waals surface area contributed by atoms with Gasteiger partial charge < -0.3 is 26.0 Å². The number of anilines is 2. The highest BCUT2D eigenvalue weighted by molar-refractivity contribution is 8.44. The fourth-order valence-corrected chi connectivity index (χ4v) is 9.07. The monoisotopic (exact) mass is 725 g/mol. The van der Waals surface area contributed by atoms with Gasteiger partial charge in [0.15, 0.2) is 35.7 Å². The van der Waals surface area contributed by atoms with Crippen LogP contribution in [0, 0.1) is 0 Å². The molecule has 0 amide bonds. The first-order valence-corrected chi connectivity index (χ1v) is 19.0. The maximum atomic E-state index is 16.0. The van der Waals surface area contributed by atoms with Crippen LogP contribution in [0.15, 0.2) is 23.8 Å². The van der Waals surface area contributed by atoms with Crippen molar-refractivity contribution < 1.29 is 46.2 Å². The van der Waals surface area contributed by atoms with E-state index in [0.29, 0.717) is 11.3 Å². The Hall–Kier alpha value is -2.27. The predicted molar refractivity (Wildman–Crippen MR) is 159 cm³/mol. The van der Waals surface area contributed by atoms with Crippen LogP contribution in [0.1, 0.15) is 12.5 Å². The van der Waals surface area contributed by atoms with E-state index in [9.17, 15) is 19.0 Å². The van der Waals surface area contributed by atoms with Crippen molar-refractivity contribution in [1.29, 1.82) is 0 Å². The molecule has 4 aromatic heterocycles. The Morgan fingerprint density at radius 2 is 1.51 bits per heavy atom. The van der Waals surface area contributed by atoms with Crippen LogP contribution in [0.5, 0.6) is 0 Å². The standard InChI is InChI=1S/C20H22FN9O10P2S3/c21-8-11-6(37-18(8)29-5-28-9-14(22)24-3-26-16(9)29)1-35-42(34,44)40-12-7(2-36-41(33,43)39-11)38-19(10(12)31)30-17-13(45-20(30)32)15(23)25-4-27-17/h3-8,10-12,18-19,31H,1-2H2,(H,33,43)(H,34,44)(H2,22,24,26)(H2,23,25,27)/t6-,7?,8-,10?,11?,12?,18-,19-,41+,42+/m1/s1. The number of hydrogen-bond donors (Lipinski definition) is 5. The van der Waals surface area contributed by atoms with Crippen molar-refractivity contribution >= 4 is 82.6 Å². The molecule has 5 N–H and O–H groups in total. The van der Waals surface area contributed by atoms with E-state index < -0.39 is 80.8 Å². The molecule has 0 radical (unpaired) electrons. The Kier molecular flexibility index (Phi) is 7.98. The van der Waals surface area contributed by atoms with Gasteiger partial charge in [0.25, 0.3) is 0 Å². The largest absolute Gasteiger partial charge is 0.386 e. The number of hydrogen-bond acceptors (Lipinski definition) is 18. The minimum Gasteiger partial charge on any atom is -0.386 e. The summed E-state index contributed by atoms with van der Waals surface area (Å²) in [5.74, 6) is 0.0759. The van der Waals surface area contributed by atoms with Crippen molar-refractivity contribution in [3.8, 4) is 0 Å². The lowest BCUT2D eigenvalue weighted by Gasteiger charge is -2.28. The van der Waals surface area contributed by atoms with Gasteiger partial charge >= 0.3 is 18.5 Å². The summed E-state index contributed by atoms with van der Waals surface area (Å²) in [5, 5.41) is 11.2. The van der Waals surface area contributed by atoms with Crippen LogP contribution in [0.2, 0.25) is 0 Å². The van der Waals surface area contributed by atoms with Crippen molar-refractivity contribution in [2.24, 2.45) is 0 Å². The van der Waals surface area contributed by atoms with E-state index in [1.54, 1.807) is 0 Å². The Morgan fingerprint density at radius 1 is 0.911 bits per heavy atom. The molecule has 0 saturated carbocycles. The van der Waals surface area contributed by atoms with E-state index in [1.807, 2.05) is 0 Å². The summed E-state index contributed by atoms with van der Waals surface area (Å²) >= 11 is 8.74. The van der Waals surface area contributed by atoms with Gasteiger partial charge in [-0.1, -0.05) is 35.8 Å². The quantitative estimate of drug-likeness (QED) is 0.144. The molecule has 3 fully saturated rings. The number of alkyl halides is 1. The van der Waals surface area contributed by atoms with Gasteiger partial charge in [-0.3, -0.25) is 32.0 Å². The Bertz CT molecular complexity index is 1950. The lowest BCUT2D eigenvalue weighted by molar-refractivity contribution is -0.0559. The molecule has 3 saturated heterocycles. The lowest BCUT2D eigenvalue weighted by Crippen LogP contribution is -2.38. The number of aliphatic hydroxyl groups excluding tert-OH is 1. The van der Waals surface area contributed by atoms with Gasteiger partial charge in [-0.2, -0.15) is 0 Å². The zero-order chi connectivity index (χ0) is 31.8. The van der Waals surface area contributed by atoms with Gasteiger partial charge in [0, 0.05) is 0 Å². The van der Waals surface area contributed by atoms with Gasteiger partial charge in [0.1, 0.15) is 59.2 Å². The molecule has 10 atom stereocenters. The molecule has 4 aromatic rings. The molecular formula is C20H22FN9O10P2S3. The SMILES string of the molecule is Nc1ncnc2c1ncn2[C@@H]1O[C@@H]2CO[P@](=O)(S)OC3C(CO[P@](=O)(S)OC2[C@H]1F)O[C@@H](n1c(=O)sc2c(N)ncnc21)C3O. The molecule has 45 heavy (non-hydrogen) atoms. The smallest absolute Gasteiger partial charge is 0.386 e. The first kappa shape index (κ1) is 31.3. The summed E-state index contributed by atoms with van der Waals surface area (Å²) in [6.07, 6.45) is -8.97. The third kappa shape index (κ3) is 5.57. The van der Waals surface area contributed by atoms with Gasteiger partial charge in [-0.15, -0.1) is 0 Å². The molecule has 19 nitrogen and oxygen atoms in total. The fraction of sp³-hybridized carbons (Fsp3) is 0.500. The highest BCUT2D eigenvalue weighted by atomic mass is 32.7. The molecule has 0 aliphatic carbocycles. The average molecular weight is 726 g/mol. The van der Waals surface area contributed by atoms with Gasteiger partial charge in [-0.05, 0) is 0 Å². The number of aromatic nitrogens is 7. The second-order valence-electron chi connectivity index (χ2n) is 9.97. The molecule has 7 heterocycles. The normalized spacial score (nSPS) is 37.7. The summed E-state index contributed by atoms with van der Waals surface area (Å²) in [7, 11) is 0. The van der Waals surface area contributed by atoms with E-state index in [4.69, 9.17) is 39.0 Å². The topological polar surface area (TPSA) is 253 Å². The minimum atomic E-state index is -4.40. The second-order valence-corrected chi connectivity index (χ2v) is 16.7. The summed E-state index contributed by atoms with van der Waals surface area (Å²) in [6.45, 7) is -10.1. The molecular weight excluding hydrogens is 703 g/mol. The van der Waals surface area contributed by atoms with Crippen LogP contribution in [0.3, 0.4) is 0 Å². The van der Waals surface area contributed by atoms with Gasteiger partial charge in [0.2, 0.25) is 0 Å². The van der Waals surface area contributed by atoms with Crippen molar-refractivity contribution in [2.45, 2.75) is 49.1 Å². The van der Waals surface area contributed by atoms with Crippen molar-refractivity contribution in [2.75, 3.05) is 24.7 Å². The summed E-state index contributed by atoms with van der Waals surface area (Å²) < 4.78 is 78.9. The first-order valence-electron chi connectivity index (χ1n) is 12.8. The first-order chi connectivity index (χ1) is 21.3. The fourth-order valence-electron chi connectivity index (χ4n) is 5.23. The van der Waals surface area contributed by atoms with E-state index in [-0.39, 0.29) is 33.1 Å². The van der Waals surface area contributed by atoms with Crippen LogP contribution in [-0.2, 0) is 36.7 Å². The van der Waals surface area contributed by atoms with E-state index in [1.165, 1.54) is 10.9 Å². The summed E-state index contributed by atoms with van der Waals surface area (Å²) in [5.41, 5.74) is 12.1. The molecule has 3 aliphatic heterocycles. The van der Waals surface area contributed by atoms with Crippen molar-refractivity contribution in [3.63, 3.8) is 0 Å². The Morgan fingerprint density at radius 3 is 2.22 bits per heavy atom.